The largest absolute Gasteiger partial charge is 0.359 e. The Kier molecular flexibility index (Phi) is 4.62. The van der Waals surface area contributed by atoms with Gasteiger partial charge in [-0.1, -0.05) is 22.5 Å². The fourth-order valence-electron chi connectivity index (χ4n) is 1.80. The Hall–Kier alpha value is -0.350. The molecule has 0 saturated carbocycles. The van der Waals surface area contributed by atoms with Gasteiger partial charge in [-0.3, -0.25) is 9.69 Å². The number of piperidine rings is 1. The maximum absolute atomic E-state index is 11.3. The Morgan fingerprint density at radius 3 is 2.57 bits per heavy atom. The summed E-state index contributed by atoms with van der Waals surface area (Å²) < 4.78 is 1.01. The molecule has 0 aromatic rings. The van der Waals surface area contributed by atoms with Crippen LogP contribution in [0.3, 0.4) is 0 Å². The Balaban J connectivity index is 2.31. The molecule has 0 radical (unpaired) electrons. The predicted octanol–water partition coefficient (Wildman–Crippen LogP) is 1.35. The summed E-state index contributed by atoms with van der Waals surface area (Å²) in [6, 6.07) is 0. The molecule has 1 aliphatic heterocycles. The van der Waals surface area contributed by atoms with Gasteiger partial charge in [0, 0.05) is 24.0 Å². The monoisotopic (exact) mass is 260 g/mol. The highest BCUT2D eigenvalue weighted by Crippen LogP contribution is 2.18. The zero-order valence-electron chi connectivity index (χ0n) is 8.55. The number of nitrogens with one attached hydrogen (secondary N) is 1. The third kappa shape index (κ3) is 3.42. The molecule has 0 aromatic heterocycles. The zero-order valence-corrected chi connectivity index (χ0v) is 10.1. The number of hydrogen-bond donors (Lipinski definition) is 1. The average Bonchev–Trinajstić information content (AvgIpc) is 2.17. The number of amides is 1. The molecule has 1 saturated heterocycles. The van der Waals surface area contributed by atoms with E-state index >= 15 is 0 Å². The Morgan fingerprint density at radius 2 is 2.14 bits per heavy atom. The smallest absolute Gasteiger partial charge is 0.222 e. The van der Waals surface area contributed by atoms with E-state index in [2.05, 4.69) is 32.7 Å². The van der Waals surface area contributed by atoms with Gasteiger partial charge in [-0.15, -0.1) is 0 Å². The van der Waals surface area contributed by atoms with Crippen LogP contribution < -0.4 is 5.32 Å². The first-order valence-corrected chi connectivity index (χ1v) is 5.70. The highest BCUT2D eigenvalue weighted by atomic mass is 79.9. The third-order valence-electron chi connectivity index (χ3n) is 2.60. The molecule has 1 amide bonds. The Bertz CT molecular complexity index is 222. The molecule has 14 heavy (non-hydrogen) atoms. The van der Waals surface area contributed by atoms with Gasteiger partial charge in [0.25, 0.3) is 0 Å². The minimum absolute atomic E-state index is 0.183. The summed E-state index contributed by atoms with van der Waals surface area (Å²) in [6.07, 6.45) is 1.92. The van der Waals surface area contributed by atoms with Crippen LogP contribution in [-0.2, 0) is 4.79 Å². The van der Waals surface area contributed by atoms with Gasteiger partial charge in [0.05, 0.1) is 0 Å². The lowest BCUT2D eigenvalue weighted by molar-refractivity contribution is -0.125. The molecule has 1 aliphatic rings. The van der Waals surface area contributed by atoms with Gasteiger partial charge in [-0.05, 0) is 25.9 Å². The molecule has 1 rings (SSSR count). The Labute approximate surface area is 93.7 Å². The van der Waals surface area contributed by atoms with Crippen LogP contribution in [0, 0.1) is 5.92 Å². The van der Waals surface area contributed by atoms with Crippen molar-refractivity contribution in [2.24, 2.45) is 5.92 Å². The van der Waals surface area contributed by atoms with Crippen molar-refractivity contribution in [3.8, 4) is 0 Å². The van der Waals surface area contributed by atoms with Crippen molar-refractivity contribution in [2.45, 2.75) is 12.8 Å². The van der Waals surface area contributed by atoms with Crippen LogP contribution in [-0.4, -0.2) is 37.5 Å². The van der Waals surface area contributed by atoms with E-state index in [4.69, 9.17) is 0 Å². The molecule has 0 aliphatic carbocycles. The van der Waals surface area contributed by atoms with Gasteiger partial charge in [-0.2, -0.15) is 0 Å². The van der Waals surface area contributed by atoms with E-state index in [-0.39, 0.29) is 11.8 Å². The molecule has 0 spiro atoms. The summed E-state index contributed by atoms with van der Waals surface area (Å²) in [5, 5.41) is 2.71. The molecular weight excluding hydrogens is 244 g/mol. The average molecular weight is 261 g/mol. The lowest BCUT2D eigenvalue weighted by Gasteiger charge is -2.30. The fourth-order valence-corrected chi connectivity index (χ4v) is 2.15. The van der Waals surface area contributed by atoms with Crippen LogP contribution in [0.5, 0.6) is 0 Å². The minimum atomic E-state index is 0.183. The van der Waals surface area contributed by atoms with Crippen LogP contribution in [0.4, 0.5) is 0 Å². The second-order valence-electron chi connectivity index (χ2n) is 3.68. The second-order valence-corrected chi connectivity index (χ2v) is 4.80. The molecule has 1 heterocycles. The number of nitrogens with zero attached hydrogens (tertiary/aromatic N) is 1. The minimum Gasteiger partial charge on any atom is -0.359 e. The number of carbonyl (C=O) groups is 1. The van der Waals surface area contributed by atoms with Crippen molar-refractivity contribution in [1.29, 1.82) is 0 Å². The van der Waals surface area contributed by atoms with Gasteiger partial charge < -0.3 is 5.32 Å². The van der Waals surface area contributed by atoms with Crippen LogP contribution in [0.2, 0.25) is 0 Å². The maximum atomic E-state index is 11.3. The van der Waals surface area contributed by atoms with E-state index in [0.717, 1.165) is 37.0 Å². The normalized spacial score (nSPS) is 19.3. The van der Waals surface area contributed by atoms with E-state index in [1.54, 1.807) is 7.05 Å². The molecule has 0 atom stereocenters. The molecular formula is C10H17BrN2O. The van der Waals surface area contributed by atoms with Crippen molar-refractivity contribution >= 4 is 21.8 Å². The van der Waals surface area contributed by atoms with E-state index in [1.807, 2.05) is 0 Å². The summed E-state index contributed by atoms with van der Waals surface area (Å²) >= 11 is 3.35. The van der Waals surface area contributed by atoms with Crippen molar-refractivity contribution < 1.29 is 4.79 Å². The van der Waals surface area contributed by atoms with Gasteiger partial charge >= 0.3 is 0 Å². The standard InChI is InChI=1S/C10H17BrN2O/c1-8(11)7-13-5-3-9(4-6-13)10(14)12-2/h9H,1,3-7H2,2H3,(H,12,14). The van der Waals surface area contributed by atoms with Crippen molar-refractivity contribution in [2.75, 3.05) is 26.7 Å². The van der Waals surface area contributed by atoms with Crippen molar-refractivity contribution in [3.05, 3.63) is 11.1 Å². The predicted molar refractivity (Wildman–Crippen MR) is 61.3 cm³/mol. The van der Waals surface area contributed by atoms with E-state index in [9.17, 15) is 4.79 Å². The van der Waals surface area contributed by atoms with Gasteiger partial charge in [0.1, 0.15) is 0 Å². The quantitative estimate of drug-likeness (QED) is 0.831. The first kappa shape index (κ1) is 11.7. The number of hydrogen-bond acceptors (Lipinski definition) is 2. The topological polar surface area (TPSA) is 32.3 Å². The molecule has 3 nitrogen and oxygen atoms in total. The van der Waals surface area contributed by atoms with E-state index < -0.39 is 0 Å². The number of halogens is 1. The number of likely N-dealkylation sites (tertiary alicyclic amines) is 1. The first-order valence-electron chi connectivity index (χ1n) is 4.90. The summed E-state index contributed by atoms with van der Waals surface area (Å²) in [5.41, 5.74) is 0. The maximum Gasteiger partial charge on any atom is 0.222 e. The molecule has 1 fully saturated rings. The third-order valence-corrected chi connectivity index (χ3v) is 2.85. The molecule has 0 bridgehead atoms. The summed E-state index contributed by atoms with van der Waals surface area (Å²) in [4.78, 5) is 13.7. The van der Waals surface area contributed by atoms with Crippen molar-refractivity contribution in [1.82, 2.24) is 10.2 Å². The van der Waals surface area contributed by atoms with E-state index in [0.29, 0.717) is 0 Å². The van der Waals surface area contributed by atoms with Crippen LogP contribution in [0.1, 0.15) is 12.8 Å². The lowest BCUT2D eigenvalue weighted by Crippen LogP contribution is -2.39. The van der Waals surface area contributed by atoms with Gasteiger partial charge in [-0.25, -0.2) is 0 Å². The summed E-state index contributed by atoms with van der Waals surface area (Å²) in [7, 11) is 1.70. The van der Waals surface area contributed by atoms with Crippen molar-refractivity contribution in [3.63, 3.8) is 0 Å². The second kappa shape index (κ2) is 5.51. The molecule has 80 valence electrons. The van der Waals surface area contributed by atoms with E-state index in [1.165, 1.54) is 0 Å². The number of rotatable bonds is 3. The molecule has 0 aromatic carbocycles. The Morgan fingerprint density at radius 1 is 1.57 bits per heavy atom. The van der Waals surface area contributed by atoms with Gasteiger partial charge in [0.2, 0.25) is 5.91 Å². The van der Waals surface area contributed by atoms with Gasteiger partial charge in [0.15, 0.2) is 0 Å². The highest BCUT2D eigenvalue weighted by Gasteiger charge is 2.23. The summed E-state index contributed by atoms with van der Waals surface area (Å²) in [5.74, 6) is 0.391. The van der Waals surface area contributed by atoms with Crippen LogP contribution >= 0.6 is 15.9 Å². The lowest BCUT2D eigenvalue weighted by atomic mass is 9.96. The zero-order chi connectivity index (χ0) is 10.6. The number of carbonyl (C=O) groups excluding carboxylic acids is 1. The SMILES string of the molecule is C=C(Br)CN1CCC(C(=O)NC)CC1. The molecule has 0 unspecified atom stereocenters. The van der Waals surface area contributed by atoms with Crippen LogP contribution in [0.25, 0.3) is 0 Å². The first-order chi connectivity index (χ1) is 6.63. The summed E-state index contributed by atoms with van der Waals surface area (Å²) in [6.45, 7) is 6.68. The molecule has 1 N–H and O–H groups in total. The highest BCUT2D eigenvalue weighted by molar-refractivity contribution is 9.11. The molecule has 4 heteroatoms. The fraction of sp³-hybridized carbons (Fsp3) is 0.700. The van der Waals surface area contributed by atoms with Crippen LogP contribution in [0.15, 0.2) is 11.1 Å².